The maximum Gasteiger partial charge on any atom is 0.241 e. The van der Waals surface area contributed by atoms with Gasteiger partial charge in [0.2, 0.25) is 20.0 Å². The predicted octanol–water partition coefficient (Wildman–Crippen LogP) is -1.01. The number of nitrogens with one attached hydrogen (secondary N) is 1. The van der Waals surface area contributed by atoms with E-state index in [1.807, 2.05) is 0 Å². The summed E-state index contributed by atoms with van der Waals surface area (Å²) in [5, 5.41) is 4.96. The first-order chi connectivity index (χ1) is 8.64. The Morgan fingerprint density at radius 1 is 1.16 bits per heavy atom. The average Bonchev–Trinajstić information content (AvgIpc) is 2.27. The van der Waals surface area contributed by atoms with Gasteiger partial charge in [0.1, 0.15) is 9.79 Å². The molecule has 0 aliphatic carbocycles. The first-order valence-electron chi connectivity index (χ1n) is 5.06. The number of benzene rings is 1. The minimum atomic E-state index is -4.14. The lowest BCUT2D eigenvalue weighted by Crippen LogP contribution is -2.29. The molecule has 7 nitrogen and oxygen atoms in total. The van der Waals surface area contributed by atoms with Gasteiger partial charge in [0.05, 0.1) is 0 Å². The molecule has 0 bridgehead atoms. The fraction of sp³-hybridized carbons (Fsp3) is 0.333. The van der Waals surface area contributed by atoms with Crippen LogP contribution in [0.4, 0.5) is 0 Å². The molecule has 0 radical (unpaired) electrons. The summed E-state index contributed by atoms with van der Waals surface area (Å²) in [4.78, 5) is -0.889. The van der Waals surface area contributed by atoms with E-state index >= 15 is 0 Å². The first kappa shape index (κ1) is 16.2. The van der Waals surface area contributed by atoms with Crippen LogP contribution >= 0.6 is 0 Å². The van der Waals surface area contributed by atoms with Gasteiger partial charge in [0.25, 0.3) is 0 Å². The van der Waals surface area contributed by atoms with Gasteiger partial charge < -0.3 is 0 Å². The third kappa shape index (κ3) is 4.66. The van der Waals surface area contributed by atoms with Crippen LogP contribution in [0.3, 0.4) is 0 Å². The number of nitrogens with two attached hydrogens (primary N) is 1. The number of rotatable bonds is 6. The van der Waals surface area contributed by atoms with Crippen molar-refractivity contribution in [2.75, 3.05) is 18.6 Å². The van der Waals surface area contributed by atoms with Crippen molar-refractivity contribution in [2.45, 2.75) is 9.79 Å². The Morgan fingerprint density at radius 3 is 2.16 bits per heavy atom. The molecule has 1 aromatic carbocycles. The van der Waals surface area contributed by atoms with E-state index in [0.717, 1.165) is 12.1 Å². The molecule has 19 heavy (non-hydrogen) atoms. The number of primary sulfonamides is 1. The number of hydrogen-bond acceptors (Lipinski definition) is 5. The fourth-order valence-electron chi connectivity index (χ4n) is 1.30. The summed E-state index contributed by atoms with van der Waals surface area (Å²) in [7, 11) is -9.30. The minimum Gasteiger partial charge on any atom is -0.260 e. The Hall–Kier alpha value is -0.810. The number of hydrogen-bond donors (Lipinski definition) is 2. The zero-order valence-electron chi connectivity index (χ0n) is 10.1. The topological polar surface area (TPSA) is 123 Å². The standard InChI is InChI=1S/C9H14N2O5S3/c1-17(12)7-6-11-19(15,16)9-5-3-2-4-8(9)18(10,13)14/h2-5,11H,6-7H2,1H3,(H2,10,13,14). The van der Waals surface area contributed by atoms with Crippen LogP contribution in [0.2, 0.25) is 0 Å². The molecule has 108 valence electrons. The summed E-state index contributed by atoms with van der Waals surface area (Å²) < 4.78 is 59.6. The lowest BCUT2D eigenvalue weighted by atomic mass is 10.4. The maximum absolute atomic E-state index is 12.0. The van der Waals surface area contributed by atoms with Crippen LogP contribution in [0.1, 0.15) is 0 Å². The van der Waals surface area contributed by atoms with Crippen molar-refractivity contribution < 1.29 is 21.0 Å². The Balaban J connectivity index is 3.12. The quantitative estimate of drug-likeness (QED) is 0.693. The van der Waals surface area contributed by atoms with Gasteiger partial charge in [-0.05, 0) is 12.1 Å². The van der Waals surface area contributed by atoms with Crippen molar-refractivity contribution in [1.29, 1.82) is 0 Å². The molecule has 0 saturated carbocycles. The van der Waals surface area contributed by atoms with Crippen LogP contribution < -0.4 is 9.86 Å². The van der Waals surface area contributed by atoms with E-state index in [0.29, 0.717) is 0 Å². The Morgan fingerprint density at radius 2 is 1.68 bits per heavy atom. The van der Waals surface area contributed by atoms with Crippen LogP contribution in [0.15, 0.2) is 34.1 Å². The summed E-state index contributed by atoms with van der Waals surface area (Å²) in [5.74, 6) is 0.136. The third-order valence-electron chi connectivity index (χ3n) is 2.13. The van der Waals surface area contributed by atoms with Crippen LogP contribution in [-0.2, 0) is 30.8 Å². The van der Waals surface area contributed by atoms with E-state index in [4.69, 9.17) is 5.14 Å². The van der Waals surface area contributed by atoms with Crippen molar-refractivity contribution >= 4 is 30.8 Å². The molecule has 1 unspecified atom stereocenters. The molecule has 0 saturated heterocycles. The smallest absolute Gasteiger partial charge is 0.241 e. The summed E-state index contributed by atoms with van der Waals surface area (Å²) in [5.41, 5.74) is 0. The van der Waals surface area contributed by atoms with E-state index in [1.165, 1.54) is 18.4 Å². The van der Waals surface area contributed by atoms with Crippen molar-refractivity contribution in [3.8, 4) is 0 Å². The van der Waals surface area contributed by atoms with E-state index in [-0.39, 0.29) is 12.3 Å². The van der Waals surface area contributed by atoms with Crippen LogP contribution in [0.5, 0.6) is 0 Å². The van der Waals surface area contributed by atoms with E-state index < -0.39 is 40.6 Å². The SMILES string of the molecule is CS(=O)CCNS(=O)(=O)c1ccccc1S(N)(=O)=O. The predicted molar refractivity (Wildman–Crippen MR) is 71.9 cm³/mol. The molecule has 0 aliphatic rings. The Bertz CT molecular complexity index is 682. The maximum atomic E-state index is 12.0. The molecular formula is C9H14N2O5S3. The lowest BCUT2D eigenvalue weighted by molar-refractivity contribution is 0.575. The second-order valence-electron chi connectivity index (χ2n) is 3.67. The summed E-state index contributed by atoms with van der Waals surface area (Å²) in [6.45, 7) is -0.0512. The van der Waals surface area contributed by atoms with Gasteiger partial charge >= 0.3 is 0 Å². The molecule has 0 aromatic heterocycles. The fourth-order valence-corrected chi connectivity index (χ4v) is 4.23. The summed E-state index contributed by atoms with van der Waals surface area (Å²) in [6.07, 6.45) is 1.44. The lowest BCUT2D eigenvalue weighted by Gasteiger charge is -2.09. The third-order valence-corrected chi connectivity index (χ3v) is 5.52. The highest BCUT2D eigenvalue weighted by Gasteiger charge is 2.23. The molecule has 0 heterocycles. The minimum absolute atomic E-state index is 0.0512. The molecule has 1 aromatic rings. The van der Waals surface area contributed by atoms with Crippen LogP contribution in [0.25, 0.3) is 0 Å². The zero-order chi connectivity index (χ0) is 14.7. The van der Waals surface area contributed by atoms with Gasteiger partial charge in [-0.3, -0.25) is 4.21 Å². The summed E-state index contributed by atoms with van der Waals surface area (Å²) >= 11 is 0. The molecule has 0 fully saturated rings. The Kier molecular flexibility index (Phi) is 5.21. The van der Waals surface area contributed by atoms with E-state index in [9.17, 15) is 21.0 Å². The van der Waals surface area contributed by atoms with Gasteiger partial charge in [-0.2, -0.15) is 0 Å². The van der Waals surface area contributed by atoms with Crippen molar-refractivity contribution in [3.63, 3.8) is 0 Å². The monoisotopic (exact) mass is 326 g/mol. The van der Waals surface area contributed by atoms with Crippen molar-refractivity contribution in [3.05, 3.63) is 24.3 Å². The van der Waals surface area contributed by atoms with E-state index in [1.54, 1.807) is 0 Å². The van der Waals surface area contributed by atoms with E-state index in [2.05, 4.69) is 4.72 Å². The summed E-state index contributed by atoms with van der Waals surface area (Å²) in [6, 6.07) is 5.02. The molecule has 3 N–H and O–H groups in total. The molecule has 1 atom stereocenters. The van der Waals surface area contributed by atoms with Crippen LogP contribution in [0, 0.1) is 0 Å². The molecular weight excluding hydrogens is 312 g/mol. The van der Waals surface area contributed by atoms with Crippen LogP contribution in [-0.4, -0.2) is 39.6 Å². The Labute approximate surface area is 114 Å². The average molecular weight is 326 g/mol. The highest BCUT2D eigenvalue weighted by atomic mass is 32.2. The molecule has 1 rings (SSSR count). The van der Waals surface area contributed by atoms with Crippen molar-refractivity contribution in [2.24, 2.45) is 5.14 Å². The van der Waals surface area contributed by atoms with Gasteiger partial charge in [-0.25, -0.2) is 26.7 Å². The van der Waals surface area contributed by atoms with Gasteiger partial charge in [0, 0.05) is 29.4 Å². The highest BCUT2D eigenvalue weighted by Crippen LogP contribution is 2.18. The second kappa shape index (κ2) is 6.09. The number of sulfonamides is 2. The first-order valence-corrected chi connectivity index (χ1v) is 9.82. The largest absolute Gasteiger partial charge is 0.260 e. The van der Waals surface area contributed by atoms with Gasteiger partial charge in [-0.1, -0.05) is 12.1 Å². The molecule has 0 spiro atoms. The molecule has 0 amide bonds. The van der Waals surface area contributed by atoms with Gasteiger partial charge in [-0.15, -0.1) is 0 Å². The highest BCUT2D eigenvalue weighted by molar-refractivity contribution is 7.92. The molecule has 0 aliphatic heterocycles. The zero-order valence-corrected chi connectivity index (χ0v) is 12.5. The van der Waals surface area contributed by atoms with Crippen molar-refractivity contribution in [1.82, 2.24) is 4.72 Å². The normalized spacial score (nSPS) is 14.2. The second-order valence-corrected chi connectivity index (χ2v) is 8.49. The molecule has 10 heteroatoms. The van der Waals surface area contributed by atoms with Gasteiger partial charge in [0.15, 0.2) is 0 Å².